The Balaban J connectivity index is 1.58. The lowest BCUT2D eigenvalue weighted by Gasteiger charge is -2.27. The third-order valence-corrected chi connectivity index (χ3v) is 8.70. The largest absolute Gasteiger partial charge is 0.469 e. The molecule has 3 aromatic rings. The van der Waals surface area contributed by atoms with Crippen molar-refractivity contribution in [1.82, 2.24) is 24.6 Å². The average Bonchev–Trinajstić information content (AvgIpc) is 3.54. The number of nitrogens with two attached hydrogens (primary N) is 1. The van der Waals surface area contributed by atoms with Crippen molar-refractivity contribution in [2.75, 3.05) is 38.4 Å². The van der Waals surface area contributed by atoms with Gasteiger partial charge in [0.2, 0.25) is 11.8 Å². The summed E-state index contributed by atoms with van der Waals surface area (Å²) in [6, 6.07) is 5.39. The van der Waals surface area contributed by atoms with Crippen LogP contribution in [0.5, 0.6) is 5.75 Å². The van der Waals surface area contributed by atoms with Crippen LogP contribution < -0.4 is 20.2 Å². The second-order valence-electron chi connectivity index (χ2n) is 11.6. The molecule has 5 atom stereocenters. The van der Waals surface area contributed by atoms with Gasteiger partial charge in [-0.25, -0.2) is 13.9 Å². The molecule has 0 bridgehead atoms. The van der Waals surface area contributed by atoms with Crippen LogP contribution in [-0.4, -0.2) is 77.3 Å². The van der Waals surface area contributed by atoms with E-state index in [1.807, 2.05) is 0 Å². The molecule has 0 saturated carbocycles. The van der Waals surface area contributed by atoms with Crippen LogP contribution in [0.2, 0.25) is 0 Å². The van der Waals surface area contributed by atoms with Crippen molar-refractivity contribution in [1.29, 1.82) is 0 Å². The summed E-state index contributed by atoms with van der Waals surface area (Å²) in [7, 11) is 0.364. The lowest BCUT2D eigenvalue weighted by atomic mass is 10.1. The number of nitrogens with one attached hydrogen (secondary N) is 1. The van der Waals surface area contributed by atoms with Crippen molar-refractivity contribution < 1.29 is 41.8 Å². The highest BCUT2D eigenvalue weighted by Crippen LogP contribution is 2.50. The highest BCUT2D eigenvalue weighted by Gasteiger charge is 2.49. The third kappa shape index (κ3) is 8.29. The summed E-state index contributed by atoms with van der Waals surface area (Å²) in [5.74, 6) is -3.38. The Labute approximate surface area is 266 Å². The molecule has 15 nitrogen and oxygen atoms in total. The van der Waals surface area contributed by atoms with Gasteiger partial charge in [0.15, 0.2) is 17.0 Å². The number of benzene rings is 1. The van der Waals surface area contributed by atoms with E-state index in [-0.39, 0.29) is 31.0 Å². The zero-order valence-electron chi connectivity index (χ0n) is 26.9. The van der Waals surface area contributed by atoms with Crippen LogP contribution in [0.1, 0.15) is 52.3 Å². The van der Waals surface area contributed by atoms with Gasteiger partial charge in [-0.1, -0.05) is 25.1 Å². The lowest BCUT2D eigenvalue weighted by Crippen LogP contribution is -2.38. The van der Waals surface area contributed by atoms with Gasteiger partial charge in [-0.2, -0.15) is 15.1 Å². The van der Waals surface area contributed by atoms with Crippen LogP contribution in [0, 0.1) is 5.92 Å². The Hall–Kier alpha value is -3.85. The number of imidazole rings is 1. The summed E-state index contributed by atoms with van der Waals surface area (Å²) in [4.78, 5) is 39.1. The van der Waals surface area contributed by atoms with E-state index in [2.05, 4.69) is 20.0 Å². The van der Waals surface area contributed by atoms with Crippen molar-refractivity contribution in [2.45, 2.75) is 71.2 Å². The maximum absolute atomic E-state index is 16.4. The number of aryl methyl sites for hydroxylation is 1. The molecule has 3 heterocycles. The van der Waals surface area contributed by atoms with Gasteiger partial charge in [-0.05, 0) is 38.8 Å². The number of hydrogen-bond acceptors (Lipinski definition) is 13. The number of methoxy groups -OCH3 is 1. The molecule has 17 heteroatoms. The van der Waals surface area contributed by atoms with Gasteiger partial charge in [0.05, 0.1) is 19.5 Å². The number of carbonyl (C=O) groups excluding carboxylic acids is 2. The number of carbonyl (C=O) groups is 2. The van der Waals surface area contributed by atoms with E-state index in [1.54, 1.807) is 62.5 Å². The number of esters is 2. The van der Waals surface area contributed by atoms with E-state index >= 15 is 4.39 Å². The molecule has 1 aliphatic rings. The molecule has 0 amide bonds. The topological polar surface area (TPSA) is 182 Å². The van der Waals surface area contributed by atoms with E-state index in [1.165, 1.54) is 26.4 Å². The normalized spacial score (nSPS) is 21.6. The summed E-state index contributed by atoms with van der Waals surface area (Å²) in [5, 5.41) is 2.56. The summed E-state index contributed by atoms with van der Waals surface area (Å²) >= 11 is 0. The average molecular weight is 666 g/mol. The molecule has 0 spiro atoms. The predicted octanol–water partition coefficient (Wildman–Crippen LogP) is 3.93. The predicted molar refractivity (Wildman–Crippen MR) is 167 cm³/mol. The lowest BCUT2D eigenvalue weighted by molar-refractivity contribution is -0.173. The minimum Gasteiger partial charge on any atom is -0.469 e. The van der Waals surface area contributed by atoms with Gasteiger partial charge in [0.1, 0.15) is 24.6 Å². The molecule has 0 radical (unpaired) electrons. The van der Waals surface area contributed by atoms with Gasteiger partial charge < -0.3 is 29.4 Å². The molecule has 1 fully saturated rings. The molecule has 252 valence electrons. The second-order valence-corrected chi connectivity index (χ2v) is 13.3. The number of nitrogen functional groups attached to an aromatic ring is 1. The minimum absolute atomic E-state index is 0.0135. The molecule has 4 rings (SSSR count). The van der Waals surface area contributed by atoms with Gasteiger partial charge in [0.25, 0.3) is 0 Å². The number of para-hydroxylation sites is 1. The number of aromatic nitrogens is 4. The Bertz CT molecular complexity index is 1600. The Morgan fingerprint density at radius 3 is 2.65 bits per heavy atom. The summed E-state index contributed by atoms with van der Waals surface area (Å²) in [5.41, 5.74) is 7.27. The molecule has 1 saturated heterocycles. The van der Waals surface area contributed by atoms with Crippen molar-refractivity contribution >= 4 is 42.6 Å². The van der Waals surface area contributed by atoms with E-state index in [4.69, 9.17) is 29.0 Å². The number of nitrogens with zero attached hydrogens (tertiary/aromatic N) is 5. The zero-order valence-corrected chi connectivity index (χ0v) is 27.8. The number of rotatable bonds is 14. The highest BCUT2D eigenvalue weighted by molar-refractivity contribution is 7.52. The fourth-order valence-corrected chi connectivity index (χ4v) is 6.53. The van der Waals surface area contributed by atoms with E-state index in [0.717, 1.165) is 0 Å². The highest BCUT2D eigenvalue weighted by atomic mass is 31.2. The van der Waals surface area contributed by atoms with Crippen molar-refractivity contribution in [3.8, 4) is 5.75 Å². The quantitative estimate of drug-likeness (QED) is 0.187. The number of ether oxygens (including phenoxy) is 3. The number of hydrogen-bond donors (Lipinski definition) is 2. The second kappa shape index (κ2) is 14.3. The Morgan fingerprint density at radius 2 is 1.98 bits per heavy atom. The van der Waals surface area contributed by atoms with E-state index in [9.17, 15) is 14.2 Å². The smallest absolute Gasteiger partial charge is 0.459 e. The van der Waals surface area contributed by atoms with Gasteiger partial charge in [-0.15, -0.1) is 0 Å². The fraction of sp³-hybridized carbons (Fsp3) is 0.552. The summed E-state index contributed by atoms with van der Waals surface area (Å²) in [6.07, 6.45) is 0.260. The molecule has 1 unspecified atom stereocenters. The molecule has 1 aromatic carbocycles. The number of anilines is 2. The minimum atomic E-state index is -4.48. The molecular formula is C29H41FN7O8P. The van der Waals surface area contributed by atoms with Crippen molar-refractivity contribution in [2.24, 2.45) is 5.92 Å². The fourth-order valence-electron chi connectivity index (χ4n) is 4.97. The molecular weight excluding hydrogens is 624 g/mol. The maximum atomic E-state index is 16.4. The molecule has 46 heavy (non-hydrogen) atoms. The van der Waals surface area contributed by atoms with Crippen LogP contribution >= 0.6 is 7.75 Å². The SMILES string of the molecule is COC(=O)CCc1ccccc1OP(=O)(N[C@@H](C)C(=O)OC(C)C)OC[C@]1(F)C[C@H](C)[C@H](n2cnc3c(N(C)C)nc(N)nc32)O1. The van der Waals surface area contributed by atoms with Crippen LogP contribution in [0.3, 0.4) is 0 Å². The maximum Gasteiger partial charge on any atom is 0.459 e. The summed E-state index contributed by atoms with van der Waals surface area (Å²) < 4.78 is 59.5. The van der Waals surface area contributed by atoms with Gasteiger partial charge in [0, 0.05) is 32.9 Å². The number of halogens is 1. The Kier molecular flexibility index (Phi) is 10.9. The van der Waals surface area contributed by atoms with Crippen LogP contribution in [0.15, 0.2) is 30.6 Å². The monoisotopic (exact) mass is 665 g/mol. The Morgan fingerprint density at radius 1 is 1.26 bits per heavy atom. The zero-order chi connectivity index (χ0) is 33.8. The first kappa shape index (κ1) is 35.0. The van der Waals surface area contributed by atoms with Gasteiger partial charge >= 0.3 is 19.7 Å². The van der Waals surface area contributed by atoms with Crippen LogP contribution in [-0.2, 0) is 39.3 Å². The van der Waals surface area contributed by atoms with E-state index in [0.29, 0.717) is 22.5 Å². The summed E-state index contributed by atoms with van der Waals surface area (Å²) in [6.45, 7) is 5.72. The number of fused-ring (bicyclic) bond motifs is 1. The first-order valence-corrected chi connectivity index (χ1v) is 16.3. The van der Waals surface area contributed by atoms with Crippen molar-refractivity contribution in [3.63, 3.8) is 0 Å². The van der Waals surface area contributed by atoms with E-state index < -0.39 is 56.4 Å². The van der Waals surface area contributed by atoms with Crippen LogP contribution in [0.25, 0.3) is 11.2 Å². The standard InChI is InChI=1S/C29H41FN7O8P/c1-17(2)43-27(39)19(4)35-46(40,45-21-11-9-8-10-20(21)12-13-22(38)41-7)42-15-29(30)14-18(3)26(44-29)37-16-32-23-24(36(5)6)33-28(31)34-25(23)37/h8-11,16-19,26H,12-15H2,1-7H3,(H,35,40)(H2,31,33,34)/t18-,19-,26+,29-,46?/m0/s1. The molecule has 0 aliphatic carbocycles. The molecule has 2 aromatic heterocycles. The van der Waals surface area contributed by atoms with Crippen LogP contribution in [0.4, 0.5) is 16.2 Å². The first-order chi connectivity index (χ1) is 21.6. The first-order valence-electron chi connectivity index (χ1n) is 14.7. The molecule has 1 aliphatic heterocycles. The third-order valence-electron chi connectivity index (χ3n) is 7.09. The van der Waals surface area contributed by atoms with Gasteiger partial charge in [-0.3, -0.25) is 18.7 Å². The molecule has 3 N–H and O–H groups in total. The number of alkyl halides is 1. The van der Waals surface area contributed by atoms with Crippen molar-refractivity contribution in [3.05, 3.63) is 36.2 Å².